The maximum absolute atomic E-state index is 13.5. The normalized spacial score (nSPS) is 15.9. The quantitative estimate of drug-likeness (QED) is 0.588. The molecule has 0 bridgehead atoms. The Morgan fingerprint density at radius 3 is 2.63 bits per heavy atom. The first-order valence-corrected chi connectivity index (χ1v) is 11.0. The van der Waals surface area contributed by atoms with Gasteiger partial charge in [0.2, 0.25) is 5.12 Å². The first-order valence-electron chi connectivity index (χ1n) is 10.1. The van der Waals surface area contributed by atoms with Crippen LogP contribution in [-0.2, 0) is 11.2 Å². The summed E-state index contributed by atoms with van der Waals surface area (Å²) >= 11 is 1.29. The molecule has 2 heterocycles. The summed E-state index contributed by atoms with van der Waals surface area (Å²) in [7, 11) is 0. The highest BCUT2D eigenvalue weighted by atomic mass is 32.2. The molecule has 1 atom stereocenters. The van der Waals surface area contributed by atoms with Crippen LogP contribution >= 0.6 is 11.8 Å². The van der Waals surface area contributed by atoms with E-state index in [0.717, 1.165) is 16.5 Å². The molecule has 0 aliphatic carbocycles. The Hall–Kier alpha value is -2.73. The molecule has 1 aliphatic heterocycles. The molecule has 2 aromatic carbocycles. The van der Waals surface area contributed by atoms with Crippen molar-refractivity contribution in [3.05, 3.63) is 71.2 Å². The molecule has 1 aliphatic rings. The largest absolute Gasteiger partial charge is 0.296 e. The average molecular weight is 423 g/mol. The predicted molar refractivity (Wildman–Crippen MR) is 120 cm³/mol. The van der Waals surface area contributed by atoms with Gasteiger partial charge in [0.25, 0.3) is 5.91 Å². The van der Waals surface area contributed by atoms with Crippen molar-refractivity contribution in [3.63, 3.8) is 0 Å². The molecular weight excluding hydrogens is 399 g/mol. The summed E-state index contributed by atoms with van der Waals surface area (Å²) in [6.07, 6.45) is 2.35. The molecule has 30 heavy (non-hydrogen) atoms. The van der Waals surface area contributed by atoms with Crippen LogP contribution in [-0.4, -0.2) is 34.1 Å². The molecule has 1 unspecified atom stereocenters. The summed E-state index contributed by atoms with van der Waals surface area (Å²) < 4.78 is 15.0. The number of fused-ring (bicyclic) bond motifs is 3. The zero-order chi connectivity index (χ0) is 21.3. The standard InChI is InChI=1S/C24H23FN2O2S/c1-15(2)14-30-24(29)20-13-26-12-11-19-18-5-3-4-6-21(18)27(22(19)20)23(28)16-7-9-17(25)10-8-16/h3-10,13,15,20H,11-12,14H2,1-2H3. The van der Waals surface area contributed by atoms with E-state index in [0.29, 0.717) is 35.9 Å². The average Bonchev–Trinajstić information content (AvgIpc) is 2.90. The molecule has 4 nitrogen and oxygen atoms in total. The topological polar surface area (TPSA) is 51.4 Å². The van der Waals surface area contributed by atoms with Gasteiger partial charge in [0.15, 0.2) is 0 Å². The van der Waals surface area contributed by atoms with Crippen LogP contribution in [0.1, 0.15) is 41.4 Å². The van der Waals surface area contributed by atoms with Gasteiger partial charge in [0, 0.05) is 35.2 Å². The lowest BCUT2D eigenvalue weighted by atomic mass is 10.0. The van der Waals surface area contributed by atoms with Crippen LogP contribution in [0.4, 0.5) is 4.39 Å². The third-order valence-electron chi connectivity index (χ3n) is 5.17. The molecular formula is C24H23FN2O2S. The number of rotatable bonds is 4. The zero-order valence-corrected chi connectivity index (χ0v) is 17.8. The van der Waals surface area contributed by atoms with E-state index < -0.39 is 11.7 Å². The van der Waals surface area contributed by atoms with Gasteiger partial charge in [-0.15, -0.1) is 0 Å². The summed E-state index contributed by atoms with van der Waals surface area (Å²) in [6, 6.07) is 13.2. The van der Waals surface area contributed by atoms with E-state index in [-0.39, 0.29) is 11.0 Å². The fourth-order valence-electron chi connectivity index (χ4n) is 3.79. The fourth-order valence-corrected chi connectivity index (χ4v) is 4.64. The van der Waals surface area contributed by atoms with E-state index in [1.54, 1.807) is 10.8 Å². The van der Waals surface area contributed by atoms with Crippen molar-refractivity contribution in [1.82, 2.24) is 4.57 Å². The monoisotopic (exact) mass is 422 g/mol. The van der Waals surface area contributed by atoms with Gasteiger partial charge in [-0.2, -0.15) is 0 Å². The number of carbonyl (C=O) groups is 2. The molecule has 6 heteroatoms. The molecule has 3 aromatic rings. The van der Waals surface area contributed by atoms with Crippen LogP contribution in [0.15, 0.2) is 53.5 Å². The van der Waals surface area contributed by atoms with Gasteiger partial charge in [-0.25, -0.2) is 4.39 Å². The summed E-state index contributed by atoms with van der Waals surface area (Å²) in [4.78, 5) is 31.1. The molecule has 0 N–H and O–H groups in total. The van der Waals surface area contributed by atoms with E-state index >= 15 is 0 Å². The molecule has 0 spiro atoms. The lowest BCUT2D eigenvalue weighted by Crippen LogP contribution is -2.22. The van der Waals surface area contributed by atoms with Gasteiger partial charge in [0.1, 0.15) is 11.7 Å². The molecule has 0 radical (unpaired) electrons. The summed E-state index contributed by atoms with van der Waals surface area (Å²) in [5, 5.41) is 0.951. The van der Waals surface area contributed by atoms with Gasteiger partial charge in [-0.3, -0.25) is 19.1 Å². The minimum Gasteiger partial charge on any atom is -0.296 e. The molecule has 154 valence electrons. The number of hydrogen-bond donors (Lipinski definition) is 0. The van der Waals surface area contributed by atoms with Crippen molar-refractivity contribution >= 4 is 39.9 Å². The highest BCUT2D eigenvalue weighted by Gasteiger charge is 2.32. The second-order valence-electron chi connectivity index (χ2n) is 7.84. The first-order chi connectivity index (χ1) is 14.5. The van der Waals surface area contributed by atoms with Crippen LogP contribution in [0.5, 0.6) is 0 Å². The SMILES string of the molecule is CC(C)CSC(=O)C1C=NCCc2c1n(C(=O)c1ccc(F)cc1)c1ccccc21. The summed E-state index contributed by atoms with van der Waals surface area (Å²) in [5.41, 5.74) is 2.82. The highest BCUT2D eigenvalue weighted by molar-refractivity contribution is 8.13. The number of para-hydroxylation sites is 1. The maximum atomic E-state index is 13.5. The van der Waals surface area contributed by atoms with Gasteiger partial charge in [0.05, 0.1) is 5.52 Å². The van der Waals surface area contributed by atoms with Crippen LogP contribution in [0, 0.1) is 11.7 Å². The van der Waals surface area contributed by atoms with Gasteiger partial charge in [-0.1, -0.05) is 43.8 Å². The van der Waals surface area contributed by atoms with Crippen LogP contribution < -0.4 is 0 Å². The van der Waals surface area contributed by atoms with Crippen LogP contribution in [0.3, 0.4) is 0 Å². The highest BCUT2D eigenvalue weighted by Crippen LogP contribution is 2.35. The number of hydrogen-bond acceptors (Lipinski definition) is 4. The minimum absolute atomic E-state index is 0.00781. The second kappa shape index (κ2) is 8.56. The molecule has 1 aromatic heterocycles. The molecule has 0 saturated heterocycles. The molecule has 0 fully saturated rings. The fraction of sp³-hybridized carbons (Fsp3) is 0.292. The van der Waals surface area contributed by atoms with E-state index in [2.05, 4.69) is 18.8 Å². The number of aliphatic imine (C=N–C) groups is 1. The number of nitrogens with zero attached hydrogens (tertiary/aromatic N) is 2. The van der Waals surface area contributed by atoms with Crippen LogP contribution in [0.2, 0.25) is 0 Å². The van der Waals surface area contributed by atoms with E-state index in [1.165, 1.54) is 36.0 Å². The Bertz CT molecular complexity index is 1130. The Labute approximate surface area is 179 Å². The lowest BCUT2D eigenvalue weighted by molar-refractivity contribution is -0.111. The van der Waals surface area contributed by atoms with Crippen molar-refractivity contribution in [2.75, 3.05) is 12.3 Å². The second-order valence-corrected chi connectivity index (χ2v) is 8.86. The zero-order valence-electron chi connectivity index (χ0n) is 17.0. The summed E-state index contributed by atoms with van der Waals surface area (Å²) in [6.45, 7) is 4.72. The first kappa shape index (κ1) is 20.5. The third-order valence-corrected chi connectivity index (χ3v) is 6.54. The lowest BCUT2D eigenvalue weighted by Gasteiger charge is -2.16. The van der Waals surface area contributed by atoms with E-state index in [9.17, 15) is 14.0 Å². The molecule has 0 saturated carbocycles. The number of thioether (sulfide) groups is 1. The Balaban J connectivity index is 1.90. The van der Waals surface area contributed by atoms with Crippen molar-refractivity contribution < 1.29 is 14.0 Å². The van der Waals surface area contributed by atoms with E-state index in [1.807, 2.05) is 24.3 Å². The van der Waals surface area contributed by atoms with Gasteiger partial charge < -0.3 is 0 Å². The van der Waals surface area contributed by atoms with Crippen LogP contribution in [0.25, 0.3) is 10.9 Å². The Kier molecular flexibility index (Phi) is 5.86. The molecule has 4 rings (SSSR count). The third kappa shape index (κ3) is 3.84. The maximum Gasteiger partial charge on any atom is 0.262 e. The number of benzene rings is 2. The molecule has 0 amide bonds. The minimum atomic E-state index is -0.594. The smallest absolute Gasteiger partial charge is 0.262 e. The van der Waals surface area contributed by atoms with Crippen molar-refractivity contribution in [2.24, 2.45) is 10.9 Å². The summed E-state index contributed by atoms with van der Waals surface area (Å²) in [5.74, 6) is -0.164. The van der Waals surface area contributed by atoms with Crippen molar-refractivity contribution in [2.45, 2.75) is 26.2 Å². The van der Waals surface area contributed by atoms with Crippen molar-refractivity contribution in [1.29, 1.82) is 0 Å². The number of halogens is 1. The van der Waals surface area contributed by atoms with Gasteiger partial charge >= 0.3 is 0 Å². The number of carbonyl (C=O) groups excluding carboxylic acids is 2. The predicted octanol–water partition coefficient (Wildman–Crippen LogP) is 5.10. The number of aromatic nitrogens is 1. The van der Waals surface area contributed by atoms with Crippen molar-refractivity contribution in [3.8, 4) is 0 Å². The Morgan fingerprint density at radius 1 is 1.17 bits per heavy atom. The van der Waals surface area contributed by atoms with Gasteiger partial charge in [-0.05, 0) is 48.2 Å². The van der Waals surface area contributed by atoms with E-state index in [4.69, 9.17) is 0 Å². The Morgan fingerprint density at radius 2 is 1.90 bits per heavy atom.